The highest BCUT2D eigenvalue weighted by Gasteiger charge is 2.22. The minimum Gasteiger partial charge on any atom is -0.507 e. The van der Waals surface area contributed by atoms with Crippen LogP contribution < -0.4 is 15.2 Å². The van der Waals surface area contributed by atoms with Gasteiger partial charge in [-0.05, 0) is 86.3 Å². The molecule has 3 aromatic rings. The number of aryl methyl sites for hydroxylation is 1. The van der Waals surface area contributed by atoms with E-state index in [2.05, 4.69) is 37.1 Å². The number of ether oxygens (including phenoxy) is 2. The van der Waals surface area contributed by atoms with Crippen molar-refractivity contribution in [2.45, 2.75) is 39.0 Å². The SMILES string of the molecule is CCN(C)CCOc1ccc(Cc2c(OC)ccc(-c3c(O)ccc4c3CCCC4)c2N)cc1. The average molecular weight is 461 g/mol. The highest BCUT2D eigenvalue weighted by atomic mass is 16.5. The normalized spacial score (nSPS) is 13.1. The first kappa shape index (κ1) is 24.0. The third-order valence-electron chi connectivity index (χ3n) is 6.90. The van der Waals surface area contributed by atoms with Gasteiger partial charge in [0.1, 0.15) is 23.9 Å². The number of fused-ring (bicyclic) bond motifs is 1. The van der Waals surface area contributed by atoms with E-state index in [-0.39, 0.29) is 0 Å². The van der Waals surface area contributed by atoms with Crippen molar-refractivity contribution in [3.8, 4) is 28.4 Å². The van der Waals surface area contributed by atoms with E-state index in [1.54, 1.807) is 13.2 Å². The molecule has 180 valence electrons. The van der Waals surface area contributed by atoms with Crippen molar-refractivity contribution < 1.29 is 14.6 Å². The molecule has 0 saturated heterocycles. The molecule has 34 heavy (non-hydrogen) atoms. The number of phenols is 1. The minimum atomic E-state index is 0.290. The second-order valence-electron chi connectivity index (χ2n) is 9.08. The van der Waals surface area contributed by atoms with E-state index in [1.165, 1.54) is 17.5 Å². The van der Waals surface area contributed by atoms with Crippen molar-refractivity contribution in [3.63, 3.8) is 0 Å². The highest BCUT2D eigenvalue weighted by Crippen LogP contribution is 2.43. The van der Waals surface area contributed by atoms with Gasteiger partial charge < -0.3 is 25.2 Å². The van der Waals surface area contributed by atoms with E-state index >= 15 is 0 Å². The van der Waals surface area contributed by atoms with Crippen molar-refractivity contribution in [1.29, 1.82) is 0 Å². The summed E-state index contributed by atoms with van der Waals surface area (Å²) in [5.74, 6) is 1.91. The summed E-state index contributed by atoms with van der Waals surface area (Å²) in [6.07, 6.45) is 4.98. The number of nitrogens with zero attached hydrogens (tertiary/aromatic N) is 1. The van der Waals surface area contributed by atoms with Gasteiger partial charge in [0.05, 0.1) is 7.11 Å². The lowest BCUT2D eigenvalue weighted by Gasteiger charge is -2.23. The summed E-state index contributed by atoms with van der Waals surface area (Å²) in [5, 5.41) is 10.8. The van der Waals surface area contributed by atoms with Crippen LogP contribution in [-0.2, 0) is 19.3 Å². The molecule has 0 heterocycles. The minimum absolute atomic E-state index is 0.290. The number of aromatic hydroxyl groups is 1. The number of methoxy groups -OCH3 is 1. The second-order valence-corrected chi connectivity index (χ2v) is 9.08. The molecule has 0 saturated carbocycles. The van der Waals surface area contributed by atoms with Gasteiger partial charge in [0.2, 0.25) is 0 Å². The molecule has 0 bridgehead atoms. The van der Waals surface area contributed by atoms with Gasteiger partial charge in [-0.3, -0.25) is 0 Å². The molecule has 0 atom stereocenters. The Morgan fingerprint density at radius 2 is 1.76 bits per heavy atom. The van der Waals surface area contributed by atoms with Crippen LogP contribution in [0.4, 0.5) is 5.69 Å². The topological polar surface area (TPSA) is 68.0 Å². The molecule has 1 aliphatic rings. The van der Waals surface area contributed by atoms with Crippen molar-refractivity contribution in [2.75, 3.05) is 39.6 Å². The fraction of sp³-hybridized carbons (Fsp3) is 0.379. The van der Waals surface area contributed by atoms with Crippen molar-refractivity contribution in [3.05, 3.63) is 70.8 Å². The number of benzene rings is 3. The van der Waals surface area contributed by atoms with Crippen molar-refractivity contribution in [1.82, 2.24) is 4.90 Å². The first-order chi connectivity index (χ1) is 16.5. The Bertz CT molecular complexity index is 1130. The molecule has 1 aliphatic carbocycles. The first-order valence-electron chi connectivity index (χ1n) is 12.2. The monoisotopic (exact) mass is 460 g/mol. The zero-order valence-electron chi connectivity index (χ0n) is 20.6. The molecule has 5 heteroatoms. The Morgan fingerprint density at radius 1 is 1.00 bits per heavy atom. The van der Waals surface area contributed by atoms with Gasteiger partial charge in [-0.25, -0.2) is 0 Å². The van der Waals surface area contributed by atoms with Crippen LogP contribution in [-0.4, -0.2) is 43.9 Å². The van der Waals surface area contributed by atoms with E-state index in [0.29, 0.717) is 24.5 Å². The number of nitrogen functional groups attached to an aromatic ring is 1. The zero-order valence-corrected chi connectivity index (χ0v) is 20.6. The summed E-state index contributed by atoms with van der Waals surface area (Å²) in [4.78, 5) is 2.22. The summed E-state index contributed by atoms with van der Waals surface area (Å²) in [6.45, 7) is 4.71. The van der Waals surface area contributed by atoms with Crippen LogP contribution >= 0.6 is 0 Å². The second kappa shape index (κ2) is 10.8. The molecule has 0 aliphatic heterocycles. The van der Waals surface area contributed by atoms with E-state index in [4.69, 9.17) is 15.2 Å². The Hall–Kier alpha value is -3.18. The maximum absolute atomic E-state index is 10.8. The van der Waals surface area contributed by atoms with Gasteiger partial charge in [-0.2, -0.15) is 0 Å². The number of hydrogen-bond acceptors (Lipinski definition) is 5. The molecule has 0 radical (unpaired) electrons. The predicted molar refractivity (Wildman–Crippen MR) is 139 cm³/mol. The molecule has 0 fully saturated rings. The fourth-order valence-corrected chi connectivity index (χ4v) is 4.74. The van der Waals surface area contributed by atoms with E-state index in [9.17, 15) is 5.11 Å². The summed E-state index contributed by atoms with van der Waals surface area (Å²) >= 11 is 0. The molecule has 0 amide bonds. The average Bonchev–Trinajstić information content (AvgIpc) is 2.86. The Balaban J connectivity index is 1.61. The lowest BCUT2D eigenvalue weighted by Crippen LogP contribution is -2.23. The molecule has 5 nitrogen and oxygen atoms in total. The summed E-state index contributed by atoms with van der Waals surface area (Å²) in [7, 11) is 3.76. The molecule has 4 rings (SSSR count). The molecule has 0 aromatic heterocycles. The van der Waals surface area contributed by atoms with Crippen molar-refractivity contribution >= 4 is 5.69 Å². The van der Waals surface area contributed by atoms with Crippen LogP contribution in [0.1, 0.15) is 42.0 Å². The summed E-state index contributed by atoms with van der Waals surface area (Å²) in [5.41, 5.74) is 13.8. The van der Waals surface area contributed by atoms with E-state index < -0.39 is 0 Å². The third-order valence-corrected chi connectivity index (χ3v) is 6.90. The Labute approximate surface area is 203 Å². The molecular weight excluding hydrogens is 424 g/mol. The molecular formula is C29H36N2O3. The van der Waals surface area contributed by atoms with Crippen LogP contribution in [0.25, 0.3) is 11.1 Å². The summed E-state index contributed by atoms with van der Waals surface area (Å²) in [6, 6.07) is 16.0. The molecule has 3 N–H and O–H groups in total. The largest absolute Gasteiger partial charge is 0.507 e. The highest BCUT2D eigenvalue weighted by molar-refractivity contribution is 5.86. The Kier molecular flexibility index (Phi) is 7.63. The quantitative estimate of drug-likeness (QED) is 0.416. The fourth-order valence-electron chi connectivity index (χ4n) is 4.74. The van der Waals surface area contributed by atoms with Gasteiger partial charge in [-0.1, -0.05) is 25.1 Å². The number of likely N-dealkylation sites (N-methyl/N-ethyl adjacent to an activating group) is 1. The Morgan fingerprint density at radius 3 is 2.50 bits per heavy atom. The lowest BCUT2D eigenvalue weighted by molar-refractivity contribution is 0.244. The van der Waals surface area contributed by atoms with Crippen LogP contribution in [0.15, 0.2) is 48.5 Å². The van der Waals surface area contributed by atoms with Gasteiger partial charge >= 0.3 is 0 Å². The maximum atomic E-state index is 10.8. The number of anilines is 1. The number of hydrogen-bond donors (Lipinski definition) is 2. The van der Waals surface area contributed by atoms with Crippen molar-refractivity contribution in [2.24, 2.45) is 0 Å². The zero-order chi connectivity index (χ0) is 24.1. The van der Waals surface area contributed by atoms with Crippen LogP contribution in [0, 0.1) is 0 Å². The van der Waals surface area contributed by atoms with Gasteiger partial charge in [0, 0.05) is 35.3 Å². The first-order valence-corrected chi connectivity index (χ1v) is 12.2. The van der Waals surface area contributed by atoms with E-state index in [0.717, 1.165) is 66.1 Å². The van der Waals surface area contributed by atoms with Crippen LogP contribution in [0.5, 0.6) is 17.2 Å². The maximum Gasteiger partial charge on any atom is 0.124 e. The van der Waals surface area contributed by atoms with E-state index in [1.807, 2.05) is 24.3 Å². The lowest BCUT2D eigenvalue weighted by atomic mass is 9.84. The predicted octanol–water partition coefficient (Wildman–Crippen LogP) is 5.45. The molecule has 0 spiro atoms. The summed E-state index contributed by atoms with van der Waals surface area (Å²) < 4.78 is 11.5. The number of phenolic OH excluding ortho intramolecular Hbond substituents is 1. The third kappa shape index (κ3) is 5.15. The number of nitrogens with two attached hydrogens (primary N) is 1. The van der Waals surface area contributed by atoms with Gasteiger partial charge in [0.25, 0.3) is 0 Å². The standard InChI is InChI=1S/C29H36N2O3/c1-4-31(2)17-18-34-22-12-9-20(10-13-22)19-25-27(33-3)16-14-24(29(25)30)28-23-8-6-5-7-21(23)11-15-26(28)32/h9-16,32H,4-8,17-19,30H2,1-3H3. The van der Waals surface area contributed by atoms with Crippen LogP contribution in [0.2, 0.25) is 0 Å². The van der Waals surface area contributed by atoms with Gasteiger partial charge in [0.15, 0.2) is 0 Å². The number of rotatable bonds is 9. The van der Waals surface area contributed by atoms with Gasteiger partial charge in [-0.15, -0.1) is 0 Å². The van der Waals surface area contributed by atoms with Crippen LogP contribution in [0.3, 0.4) is 0 Å². The molecule has 0 unspecified atom stereocenters. The molecule has 3 aromatic carbocycles. The smallest absolute Gasteiger partial charge is 0.124 e.